The number of fused-ring (bicyclic) bond motifs is 1. The molecule has 11 heteroatoms. The molecule has 2 aromatic heterocycles. The molecule has 1 aliphatic heterocycles. The number of hydrogen-bond acceptors (Lipinski definition) is 8. The summed E-state index contributed by atoms with van der Waals surface area (Å²) in [5.74, 6) is 0.217. The van der Waals surface area contributed by atoms with Crippen LogP contribution in [0.15, 0.2) is 12.7 Å². The Balaban J connectivity index is 1.96. The number of rotatable bonds is 4. The predicted octanol–water partition coefficient (Wildman–Crippen LogP) is 0.277. The molecule has 1 aliphatic rings. The van der Waals surface area contributed by atoms with Gasteiger partial charge in [0.15, 0.2) is 17.7 Å². The molecule has 1 fully saturated rings. The first kappa shape index (κ1) is 16.3. The van der Waals surface area contributed by atoms with Gasteiger partial charge in [0, 0.05) is 6.66 Å². The van der Waals surface area contributed by atoms with Gasteiger partial charge in [-0.1, -0.05) is 6.92 Å². The highest BCUT2D eigenvalue weighted by molar-refractivity contribution is 7.51. The number of ether oxygens (including phenoxy) is 1. The number of aliphatic hydroxyl groups excluding tert-OH is 1. The largest absolute Gasteiger partial charge is 0.386 e. The number of hydrogen-bond donors (Lipinski definition) is 3. The van der Waals surface area contributed by atoms with Gasteiger partial charge in [0.25, 0.3) is 0 Å². The van der Waals surface area contributed by atoms with E-state index >= 15 is 0 Å². The number of aromatic nitrogens is 4. The van der Waals surface area contributed by atoms with Crippen molar-refractivity contribution in [2.24, 2.45) is 0 Å². The summed E-state index contributed by atoms with van der Waals surface area (Å²) >= 11 is 0. The quantitative estimate of drug-likeness (QED) is 0.666. The molecule has 2 aromatic rings. The minimum absolute atomic E-state index is 0.217. The van der Waals surface area contributed by atoms with Gasteiger partial charge < -0.3 is 20.5 Å². The van der Waals surface area contributed by atoms with Gasteiger partial charge in [-0.2, -0.15) is 0 Å². The fourth-order valence-corrected chi connectivity index (χ4v) is 3.40. The summed E-state index contributed by atoms with van der Waals surface area (Å²) in [6, 6.07) is 0. The van der Waals surface area contributed by atoms with Crippen molar-refractivity contribution in [2.45, 2.75) is 37.9 Å². The number of aliphatic hydroxyl groups is 1. The lowest BCUT2D eigenvalue weighted by Crippen LogP contribution is -2.33. The van der Waals surface area contributed by atoms with Crippen molar-refractivity contribution in [3.05, 3.63) is 12.7 Å². The van der Waals surface area contributed by atoms with Crippen LogP contribution in [-0.4, -0.2) is 54.5 Å². The van der Waals surface area contributed by atoms with Crippen LogP contribution >= 0.6 is 7.60 Å². The van der Waals surface area contributed by atoms with Gasteiger partial charge in [0.05, 0.1) is 12.4 Å². The van der Waals surface area contributed by atoms with E-state index in [1.54, 1.807) is 0 Å². The number of nitrogen functional groups attached to an aromatic ring is 1. The van der Waals surface area contributed by atoms with E-state index in [4.69, 9.17) is 15.0 Å². The lowest BCUT2D eigenvalue weighted by molar-refractivity contribution is -0.0355. The molecule has 3 rings (SSSR count). The Bertz CT molecular complexity index is 761. The minimum atomic E-state index is -3.77. The molecular formula is C12H18N5O5P. The van der Waals surface area contributed by atoms with Crippen molar-refractivity contribution in [3.8, 4) is 0 Å². The topological polar surface area (TPSA) is 146 Å². The van der Waals surface area contributed by atoms with Gasteiger partial charge in [0.1, 0.15) is 24.1 Å². The molecule has 3 heterocycles. The standard InChI is InChI=1S/C12H18N5O5P/c1-3-6-9(22-23(2,19)20)8(18)12(21-6)17-5-16-7-10(13)14-4-15-11(7)17/h4-6,8-9,12,18H,3H2,1-2H3,(H,19,20)(H2,13,14,15). The maximum atomic E-state index is 11.5. The van der Waals surface area contributed by atoms with E-state index in [0.29, 0.717) is 17.6 Å². The number of anilines is 1. The Morgan fingerprint density at radius 2 is 2.22 bits per heavy atom. The number of nitrogens with two attached hydrogens (primary N) is 1. The van der Waals surface area contributed by atoms with Crippen LogP contribution in [0.2, 0.25) is 0 Å². The maximum absolute atomic E-state index is 11.5. The Kier molecular flexibility index (Phi) is 4.11. The average molecular weight is 343 g/mol. The van der Waals surface area contributed by atoms with Crippen LogP contribution in [0.3, 0.4) is 0 Å². The summed E-state index contributed by atoms with van der Waals surface area (Å²) in [7, 11) is -3.77. The summed E-state index contributed by atoms with van der Waals surface area (Å²) in [5, 5.41) is 10.5. The van der Waals surface area contributed by atoms with E-state index in [-0.39, 0.29) is 5.82 Å². The average Bonchev–Trinajstić information content (AvgIpc) is 3.01. The first-order valence-electron chi connectivity index (χ1n) is 7.07. The summed E-state index contributed by atoms with van der Waals surface area (Å²) in [5.41, 5.74) is 6.54. The van der Waals surface area contributed by atoms with Crippen molar-refractivity contribution in [1.29, 1.82) is 0 Å². The monoisotopic (exact) mass is 343 g/mol. The van der Waals surface area contributed by atoms with Gasteiger partial charge in [-0.15, -0.1) is 0 Å². The van der Waals surface area contributed by atoms with Crippen LogP contribution in [-0.2, 0) is 13.8 Å². The second-order valence-electron chi connectivity index (χ2n) is 5.42. The number of nitrogens with zero attached hydrogens (tertiary/aromatic N) is 4. The Hall–Kier alpha value is -1.58. The highest BCUT2D eigenvalue weighted by atomic mass is 31.2. The SMILES string of the molecule is CCC1OC(n2cnc3c(N)ncnc32)C(O)C1OP(C)(=O)O. The highest BCUT2D eigenvalue weighted by Crippen LogP contribution is 2.45. The highest BCUT2D eigenvalue weighted by Gasteiger charge is 2.47. The third-order valence-electron chi connectivity index (χ3n) is 3.69. The molecule has 0 saturated carbocycles. The summed E-state index contributed by atoms with van der Waals surface area (Å²) in [6.45, 7) is 2.90. The molecule has 23 heavy (non-hydrogen) atoms. The second kappa shape index (κ2) is 5.81. The van der Waals surface area contributed by atoms with Crippen LogP contribution < -0.4 is 5.73 Å². The van der Waals surface area contributed by atoms with Gasteiger partial charge in [-0.3, -0.25) is 13.7 Å². The van der Waals surface area contributed by atoms with Crippen LogP contribution in [0.5, 0.6) is 0 Å². The summed E-state index contributed by atoms with van der Waals surface area (Å²) in [6.07, 6.45) is -0.249. The van der Waals surface area contributed by atoms with Crippen LogP contribution in [0, 0.1) is 0 Å². The molecule has 126 valence electrons. The molecule has 0 radical (unpaired) electrons. The van der Waals surface area contributed by atoms with Gasteiger partial charge in [-0.05, 0) is 6.42 Å². The van der Waals surface area contributed by atoms with Crippen LogP contribution in [0.4, 0.5) is 5.82 Å². The fourth-order valence-electron chi connectivity index (χ4n) is 2.69. The number of imidazole rings is 1. The van der Waals surface area contributed by atoms with E-state index < -0.39 is 32.1 Å². The van der Waals surface area contributed by atoms with Crippen molar-refractivity contribution in [3.63, 3.8) is 0 Å². The molecule has 1 saturated heterocycles. The van der Waals surface area contributed by atoms with E-state index in [1.807, 2.05) is 6.92 Å². The van der Waals surface area contributed by atoms with E-state index in [0.717, 1.165) is 6.66 Å². The second-order valence-corrected chi connectivity index (χ2v) is 7.24. The molecule has 4 N–H and O–H groups in total. The Morgan fingerprint density at radius 3 is 2.87 bits per heavy atom. The van der Waals surface area contributed by atoms with E-state index in [1.165, 1.54) is 17.2 Å². The summed E-state index contributed by atoms with van der Waals surface area (Å²) in [4.78, 5) is 21.5. The third kappa shape index (κ3) is 2.96. The zero-order valence-electron chi connectivity index (χ0n) is 12.6. The lowest BCUT2D eigenvalue weighted by Gasteiger charge is -2.21. The predicted molar refractivity (Wildman–Crippen MR) is 80.6 cm³/mol. The van der Waals surface area contributed by atoms with Crippen molar-refractivity contribution in [2.75, 3.05) is 12.4 Å². The van der Waals surface area contributed by atoms with E-state index in [9.17, 15) is 14.6 Å². The summed E-state index contributed by atoms with van der Waals surface area (Å²) < 4.78 is 24.0. The van der Waals surface area contributed by atoms with Crippen LogP contribution in [0.1, 0.15) is 19.6 Å². The fraction of sp³-hybridized carbons (Fsp3) is 0.583. The molecule has 0 amide bonds. The van der Waals surface area contributed by atoms with Crippen molar-refractivity contribution < 1.29 is 23.8 Å². The molecule has 0 spiro atoms. The Labute approximate surface area is 131 Å². The van der Waals surface area contributed by atoms with Crippen LogP contribution in [0.25, 0.3) is 11.2 Å². The molecule has 5 unspecified atom stereocenters. The molecule has 0 bridgehead atoms. The smallest absolute Gasteiger partial charge is 0.325 e. The molecule has 0 aliphatic carbocycles. The zero-order valence-corrected chi connectivity index (χ0v) is 13.5. The minimum Gasteiger partial charge on any atom is -0.386 e. The lowest BCUT2D eigenvalue weighted by atomic mass is 10.1. The van der Waals surface area contributed by atoms with E-state index in [2.05, 4.69) is 15.0 Å². The Morgan fingerprint density at radius 1 is 1.48 bits per heavy atom. The zero-order chi connectivity index (χ0) is 16.8. The van der Waals surface area contributed by atoms with Gasteiger partial charge in [-0.25, -0.2) is 15.0 Å². The van der Waals surface area contributed by atoms with Gasteiger partial charge >= 0.3 is 7.60 Å². The first-order valence-corrected chi connectivity index (χ1v) is 9.09. The molecule has 10 nitrogen and oxygen atoms in total. The first-order chi connectivity index (χ1) is 10.8. The van der Waals surface area contributed by atoms with Gasteiger partial charge in [0.2, 0.25) is 0 Å². The normalized spacial score (nSPS) is 30.6. The van der Waals surface area contributed by atoms with Crippen molar-refractivity contribution in [1.82, 2.24) is 19.5 Å². The maximum Gasteiger partial charge on any atom is 0.325 e. The molecule has 5 atom stereocenters. The molecule has 0 aromatic carbocycles. The third-order valence-corrected chi connectivity index (χ3v) is 4.32. The molecular weight excluding hydrogens is 325 g/mol. The van der Waals surface area contributed by atoms with Crippen molar-refractivity contribution >= 4 is 24.6 Å².